The van der Waals surface area contributed by atoms with Gasteiger partial charge < -0.3 is 10.1 Å². The molecule has 27 heavy (non-hydrogen) atoms. The van der Waals surface area contributed by atoms with Gasteiger partial charge in [-0.15, -0.1) is 0 Å². The molecule has 0 bridgehead atoms. The number of ether oxygens (including phenoxy) is 1. The molecule has 0 saturated carbocycles. The molecule has 0 fully saturated rings. The molecule has 1 atom stereocenters. The van der Waals surface area contributed by atoms with Gasteiger partial charge in [0.25, 0.3) is 11.5 Å². The fourth-order valence-corrected chi connectivity index (χ4v) is 2.52. The monoisotopic (exact) mass is 386 g/mol. The van der Waals surface area contributed by atoms with E-state index in [0.717, 1.165) is 0 Å². The molecule has 2 aromatic heterocycles. The first-order valence-corrected chi connectivity index (χ1v) is 8.40. The number of hydrogen-bond donors (Lipinski definition) is 2. The quantitative estimate of drug-likeness (QED) is 0.649. The molecular weight excluding hydrogens is 372 g/mol. The van der Waals surface area contributed by atoms with Crippen LogP contribution in [0.4, 0.5) is 5.82 Å². The molecule has 0 saturated heterocycles. The molecule has 0 spiro atoms. The Morgan fingerprint density at radius 2 is 1.96 bits per heavy atom. The summed E-state index contributed by atoms with van der Waals surface area (Å²) < 4.78 is 5.15. The summed E-state index contributed by atoms with van der Waals surface area (Å²) in [5.41, 5.74) is 0.0214. The van der Waals surface area contributed by atoms with Gasteiger partial charge in [-0.2, -0.15) is 5.10 Å². The molecule has 9 heteroatoms. The summed E-state index contributed by atoms with van der Waals surface area (Å²) in [5, 5.41) is 10.2. The van der Waals surface area contributed by atoms with Crippen LogP contribution in [0.2, 0.25) is 5.02 Å². The lowest BCUT2D eigenvalue weighted by molar-refractivity contribution is -0.152. The molecule has 0 aliphatic carbocycles. The van der Waals surface area contributed by atoms with Gasteiger partial charge in [0.1, 0.15) is 5.82 Å². The number of aromatic amines is 1. The summed E-state index contributed by atoms with van der Waals surface area (Å²) in [6.07, 6.45) is 0.165. The van der Waals surface area contributed by atoms with Gasteiger partial charge in [-0.3, -0.25) is 14.4 Å². The van der Waals surface area contributed by atoms with Crippen molar-refractivity contribution >= 4 is 40.1 Å². The van der Waals surface area contributed by atoms with Crippen molar-refractivity contribution < 1.29 is 14.3 Å². The highest BCUT2D eigenvalue weighted by atomic mass is 35.5. The predicted octanol–water partition coefficient (Wildman–Crippen LogP) is 2.08. The van der Waals surface area contributed by atoms with E-state index in [0.29, 0.717) is 27.3 Å². The Balaban J connectivity index is 1.65. The highest BCUT2D eigenvalue weighted by Gasteiger charge is 2.20. The number of nitrogens with one attached hydrogen (secondary N) is 2. The van der Waals surface area contributed by atoms with Gasteiger partial charge in [0.05, 0.1) is 22.5 Å². The van der Waals surface area contributed by atoms with Crippen LogP contribution in [-0.4, -0.2) is 33.2 Å². The van der Waals surface area contributed by atoms with Gasteiger partial charge in [-0.25, -0.2) is 10.1 Å². The number of pyridine rings is 1. The summed E-state index contributed by atoms with van der Waals surface area (Å²) in [4.78, 5) is 40.0. The van der Waals surface area contributed by atoms with E-state index >= 15 is 0 Å². The van der Waals surface area contributed by atoms with Crippen molar-refractivity contribution in [1.29, 1.82) is 0 Å². The highest BCUT2D eigenvalue weighted by molar-refractivity contribution is 6.30. The van der Waals surface area contributed by atoms with Crippen molar-refractivity contribution in [2.24, 2.45) is 0 Å². The minimum Gasteiger partial charge on any atom is -0.452 e. The largest absolute Gasteiger partial charge is 0.452 e. The average molecular weight is 387 g/mol. The maximum atomic E-state index is 12.2. The van der Waals surface area contributed by atoms with Crippen LogP contribution in [0, 0.1) is 0 Å². The Kier molecular flexibility index (Phi) is 5.46. The van der Waals surface area contributed by atoms with Crippen LogP contribution in [0.25, 0.3) is 10.8 Å². The van der Waals surface area contributed by atoms with Crippen LogP contribution in [0.5, 0.6) is 0 Å². The number of anilines is 1. The minimum absolute atomic E-state index is 0.186. The van der Waals surface area contributed by atoms with E-state index < -0.39 is 18.0 Å². The molecule has 1 aromatic carbocycles. The molecule has 8 nitrogen and oxygen atoms in total. The van der Waals surface area contributed by atoms with E-state index in [4.69, 9.17) is 16.3 Å². The molecule has 0 unspecified atom stereocenters. The number of aromatic nitrogens is 3. The number of benzene rings is 1. The molecule has 2 heterocycles. The minimum atomic E-state index is -1.04. The van der Waals surface area contributed by atoms with E-state index in [9.17, 15) is 14.4 Å². The second-order valence-electron chi connectivity index (χ2n) is 5.70. The number of carbonyl (C=O) groups is 2. The van der Waals surface area contributed by atoms with Gasteiger partial charge in [0.15, 0.2) is 6.10 Å². The van der Waals surface area contributed by atoms with E-state index in [2.05, 4.69) is 20.5 Å². The molecule has 2 N–H and O–H groups in total. The topological polar surface area (TPSA) is 114 Å². The summed E-state index contributed by atoms with van der Waals surface area (Å²) in [6, 6.07) is 9.91. The van der Waals surface area contributed by atoms with Crippen molar-refractivity contribution in [1.82, 2.24) is 15.2 Å². The number of hydrogen-bond acceptors (Lipinski definition) is 6. The lowest BCUT2D eigenvalue weighted by Crippen LogP contribution is -2.31. The molecule has 1 amide bonds. The molecule has 0 aliphatic heterocycles. The van der Waals surface area contributed by atoms with Crippen LogP contribution in [0.1, 0.15) is 12.6 Å². The zero-order valence-corrected chi connectivity index (χ0v) is 15.0. The van der Waals surface area contributed by atoms with Crippen LogP contribution in [-0.2, 0) is 20.7 Å². The van der Waals surface area contributed by atoms with E-state index in [-0.39, 0.29) is 12.0 Å². The van der Waals surface area contributed by atoms with E-state index in [1.54, 1.807) is 30.3 Å². The van der Waals surface area contributed by atoms with Crippen molar-refractivity contribution in [3.63, 3.8) is 0 Å². The highest BCUT2D eigenvalue weighted by Crippen LogP contribution is 2.14. The summed E-state index contributed by atoms with van der Waals surface area (Å²) in [6.45, 7) is 1.45. The lowest BCUT2D eigenvalue weighted by Gasteiger charge is -2.13. The summed E-state index contributed by atoms with van der Waals surface area (Å²) in [7, 11) is 0. The third-order valence-electron chi connectivity index (χ3n) is 3.74. The first-order chi connectivity index (χ1) is 12.9. The van der Waals surface area contributed by atoms with Crippen molar-refractivity contribution in [2.75, 3.05) is 5.32 Å². The van der Waals surface area contributed by atoms with Crippen LogP contribution < -0.4 is 10.9 Å². The number of rotatable bonds is 5. The van der Waals surface area contributed by atoms with Crippen LogP contribution in [0.15, 0.2) is 47.4 Å². The SMILES string of the molecule is C[C@@H](OC(=O)Cc1n[nH]c(=O)c2ccccc12)C(=O)Nc1ccc(Cl)cn1. The predicted molar refractivity (Wildman–Crippen MR) is 99.5 cm³/mol. The molecular formula is C18H15ClN4O4. The Morgan fingerprint density at radius 1 is 1.22 bits per heavy atom. The normalized spacial score (nSPS) is 11.8. The van der Waals surface area contributed by atoms with Crippen LogP contribution >= 0.6 is 11.6 Å². The number of esters is 1. The maximum Gasteiger partial charge on any atom is 0.312 e. The number of halogens is 1. The first-order valence-electron chi connectivity index (χ1n) is 8.02. The standard InChI is InChI=1S/C18H15ClN4O4/c1-10(17(25)21-15-7-6-11(19)9-20-15)27-16(24)8-14-12-4-2-3-5-13(12)18(26)23-22-14/h2-7,9-10H,8H2,1H3,(H,23,26)(H,20,21,25)/t10-/m1/s1. The van der Waals surface area contributed by atoms with E-state index in [1.165, 1.54) is 19.2 Å². The Labute approximate surface area is 158 Å². The molecule has 0 aliphatic rings. The zero-order valence-electron chi connectivity index (χ0n) is 14.2. The van der Waals surface area contributed by atoms with Gasteiger partial charge in [-0.05, 0) is 25.1 Å². The molecule has 3 rings (SSSR count). The third kappa shape index (κ3) is 4.48. The van der Waals surface area contributed by atoms with Gasteiger partial charge in [0, 0.05) is 11.6 Å². The third-order valence-corrected chi connectivity index (χ3v) is 3.97. The maximum absolute atomic E-state index is 12.2. The van der Waals surface area contributed by atoms with E-state index in [1.807, 2.05) is 0 Å². The summed E-state index contributed by atoms with van der Waals surface area (Å²) in [5.74, 6) is -0.885. The van der Waals surface area contributed by atoms with Gasteiger partial charge in [0.2, 0.25) is 0 Å². The van der Waals surface area contributed by atoms with Gasteiger partial charge >= 0.3 is 5.97 Å². The number of H-pyrrole nitrogens is 1. The summed E-state index contributed by atoms with van der Waals surface area (Å²) >= 11 is 5.74. The second kappa shape index (κ2) is 7.96. The number of amides is 1. The van der Waals surface area contributed by atoms with Crippen molar-refractivity contribution in [2.45, 2.75) is 19.4 Å². The van der Waals surface area contributed by atoms with Crippen molar-refractivity contribution in [3.05, 3.63) is 63.7 Å². The fraction of sp³-hybridized carbons (Fsp3) is 0.167. The second-order valence-corrected chi connectivity index (χ2v) is 6.14. The first kappa shape index (κ1) is 18.5. The molecule has 3 aromatic rings. The Morgan fingerprint density at radius 3 is 2.67 bits per heavy atom. The van der Waals surface area contributed by atoms with Crippen LogP contribution in [0.3, 0.4) is 0 Å². The van der Waals surface area contributed by atoms with Gasteiger partial charge in [-0.1, -0.05) is 29.8 Å². The zero-order chi connectivity index (χ0) is 19.4. The molecule has 138 valence electrons. The Bertz CT molecular complexity index is 1050. The Hall–Kier alpha value is -3.26. The number of fused-ring (bicyclic) bond motifs is 1. The van der Waals surface area contributed by atoms with Crippen molar-refractivity contribution in [3.8, 4) is 0 Å². The number of carbonyl (C=O) groups excluding carboxylic acids is 2. The lowest BCUT2D eigenvalue weighted by atomic mass is 10.1. The fourth-order valence-electron chi connectivity index (χ4n) is 2.41. The number of nitrogens with zero attached hydrogens (tertiary/aromatic N) is 2. The smallest absolute Gasteiger partial charge is 0.312 e. The average Bonchev–Trinajstić information content (AvgIpc) is 2.66. The molecule has 0 radical (unpaired) electrons.